The molecule has 1 aliphatic carbocycles. The topological polar surface area (TPSA) is 23.6 Å². The zero-order valence-corrected chi connectivity index (χ0v) is 14.6. The van der Waals surface area contributed by atoms with Crippen LogP contribution in [0.25, 0.3) is 0 Å². The van der Waals surface area contributed by atoms with E-state index in [1.165, 1.54) is 64.5 Å². The Morgan fingerprint density at radius 1 is 1.00 bits per heavy atom. The molecule has 1 saturated carbocycles. The quantitative estimate of drug-likeness (QED) is 0.794. The summed E-state index contributed by atoms with van der Waals surface area (Å²) in [5, 5.41) is 0. The second-order valence-corrected chi connectivity index (χ2v) is 8.37. The van der Waals surface area contributed by atoms with Crippen LogP contribution in [-0.2, 0) is 4.79 Å². The monoisotopic (exact) mass is 306 g/mol. The van der Waals surface area contributed by atoms with Crippen LogP contribution in [0.1, 0.15) is 71.6 Å². The van der Waals surface area contributed by atoms with Crippen LogP contribution in [0.15, 0.2) is 0 Å². The maximum Gasteiger partial charge on any atom is 0.222 e. The molecule has 22 heavy (non-hydrogen) atoms. The smallest absolute Gasteiger partial charge is 0.222 e. The number of carbonyl (C=O) groups excluding carboxylic acids is 1. The minimum Gasteiger partial charge on any atom is -0.343 e. The molecule has 0 aromatic carbocycles. The molecule has 3 nitrogen and oxygen atoms in total. The fraction of sp³-hybridized carbons (Fsp3) is 0.947. The number of hydrogen-bond acceptors (Lipinski definition) is 2. The minimum atomic E-state index is 0.438. The SMILES string of the molecule is CC(C)N1CCC2(CCC(CC(=O)N3CCCC3)CC2)CC1. The van der Waals surface area contributed by atoms with E-state index in [-0.39, 0.29) is 0 Å². The van der Waals surface area contributed by atoms with Gasteiger partial charge in [-0.2, -0.15) is 0 Å². The van der Waals surface area contributed by atoms with Crippen LogP contribution >= 0.6 is 0 Å². The number of amides is 1. The summed E-state index contributed by atoms with van der Waals surface area (Å²) in [7, 11) is 0. The van der Waals surface area contributed by atoms with Gasteiger partial charge in [-0.3, -0.25) is 4.79 Å². The summed E-state index contributed by atoms with van der Waals surface area (Å²) < 4.78 is 0. The second-order valence-electron chi connectivity index (χ2n) is 8.37. The predicted octanol–water partition coefficient (Wildman–Crippen LogP) is 3.68. The van der Waals surface area contributed by atoms with Gasteiger partial charge in [0.2, 0.25) is 5.91 Å². The third-order valence-electron chi connectivity index (χ3n) is 6.68. The van der Waals surface area contributed by atoms with E-state index in [9.17, 15) is 4.79 Å². The Morgan fingerprint density at radius 2 is 1.59 bits per heavy atom. The van der Waals surface area contributed by atoms with Gasteiger partial charge in [-0.05, 0) is 89.6 Å². The molecule has 2 heterocycles. The predicted molar refractivity (Wildman–Crippen MR) is 90.8 cm³/mol. The molecular weight excluding hydrogens is 272 g/mol. The zero-order valence-electron chi connectivity index (χ0n) is 14.6. The number of nitrogens with zero attached hydrogens (tertiary/aromatic N) is 2. The van der Waals surface area contributed by atoms with E-state index in [0.29, 0.717) is 23.3 Å². The average Bonchev–Trinajstić information content (AvgIpc) is 3.05. The molecule has 0 N–H and O–H groups in total. The molecule has 126 valence electrons. The number of piperidine rings is 1. The fourth-order valence-corrected chi connectivity index (χ4v) is 4.85. The summed E-state index contributed by atoms with van der Waals surface area (Å²) in [6, 6.07) is 0.701. The van der Waals surface area contributed by atoms with Crippen molar-refractivity contribution in [2.75, 3.05) is 26.2 Å². The van der Waals surface area contributed by atoms with Gasteiger partial charge in [0.1, 0.15) is 0 Å². The minimum absolute atomic E-state index is 0.438. The lowest BCUT2D eigenvalue weighted by molar-refractivity contribution is -0.131. The standard InChI is InChI=1S/C19H34N2O/c1-16(2)20-13-9-19(10-14-20)7-5-17(6-8-19)15-18(22)21-11-3-4-12-21/h16-17H,3-15H2,1-2H3. The summed E-state index contributed by atoms with van der Waals surface area (Å²) in [6.07, 6.45) is 11.4. The molecule has 0 atom stereocenters. The van der Waals surface area contributed by atoms with Crippen LogP contribution in [0.5, 0.6) is 0 Å². The Morgan fingerprint density at radius 3 is 2.14 bits per heavy atom. The van der Waals surface area contributed by atoms with Gasteiger partial charge >= 0.3 is 0 Å². The van der Waals surface area contributed by atoms with E-state index >= 15 is 0 Å². The molecule has 2 saturated heterocycles. The lowest BCUT2D eigenvalue weighted by atomic mass is 9.65. The molecule has 3 rings (SSSR count). The highest BCUT2D eigenvalue weighted by Gasteiger charge is 2.39. The van der Waals surface area contributed by atoms with E-state index in [4.69, 9.17) is 0 Å². The highest BCUT2D eigenvalue weighted by molar-refractivity contribution is 5.76. The lowest BCUT2D eigenvalue weighted by Gasteiger charge is -2.47. The highest BCUT2D eigenvalue weighted by Crippen LogP contribution is 2.47. The van der Waals surface area contributed by atoms with Crippen LogP contribution in [0, 0.1) is 11.3 Å². The Labute approximate surface area is 136 Å². The molecule has 0 aromatic heterocycles. The van der Waals surface area contributed by atoms with Crippen molar-refractivity contribution in [3.8, 4) is 0 Å². The van der Waals surface area contributed by atoms with Crippen LogP contribution in [0.3, 0.4) is 0 Å². The van der Waals surface area contributed by atoms with Crippen molar-refractivity contribution in [1.29, 1.82) is 0 Å². The summed E-state index contributed by atoms with van der Waals surface area (Å²) in [6.45, 7) is 9.24. The van der Waals surface area contributed by atoms with E-state index < -0.39 is 0 Å². The van der Waals surface area contributed by atoms with Gasteiger partial charge in [0, 0.05) is 25.6 Å². The summed E-state index contributed by atoms with van der Waals surface area (Å²) in [5.41, 5.74) is 0.624. The number of carbonyl (C=O) groups is 1. The van der Waals surface area contributed by atoms with Crippen molar-refractivity contribution in [2.24, 2.45) is 11.3 Å². The van der Waals surface area contributed by atoms with Crippen molar-refractivity contribution >= 4 is 5.91 Å². The molecule has 1 amide bonds. The first-order chi connectivity index (χ1) is 10.6. The number of likely N-dealkylation sites (tertiary alicyclic amines) is 2. The first kappa shape index (κ1) is 16.3. The molecule has 0 aromatic rings. The van der Waals surface area contributed by atoms with Gasteiger partial charge in [0.15, 0.2) is 0 Å². The molecule has 0 unspecified atom stereocenters. The fourth-order valence-electron chi connectivity index (χ4n) is 4.85. The van der Waals surface area contributed by atoms with Crippen LogP contribution in [0.4, 0.5) is 0 Å². The van der Waals surface area contributed by atoms with E-state index in [1.54, 1.807) is 0 Å². The first-order valence-corrected chi connectivity index (χ1v) is 9.60. The van der Waals surface area contributed by atoms with Crippen molar-refractivity contribution in [2.45, 2.75) is 77.7 Å². The molecule has 2 aliphatic heterocycles. The van der Waals surface area contributed by atoms with Crippen LogP contribution in [-0.4, -0.2) is 47.9 Å². The second kappa shape index (κ2) is 6.90. The summed E-state index contributed by atoms with van der Waals surface area (Å²) in [5.74, 6) is 1.11. The summed E-state index contributed by atoms with van der Waals surface area (Å²) >= 11 is 0. The third-order valence-corrected chi connectivity index (χ3v) is 6.68. The molecule has 3 heteroatoms. The van der Waals surface area contributed by atoms with Gasteiger partial charge in [-0.25, -0.2) is 0 Å². The molecule has 0 radical (unpaired) electrons. The Bertz CT molecular complexity index is 369. The Hall–Kier alpha value is -0.570. The lowest BCUT2D eigenvalue weighted by Crippen LogP contribution is -2.44. The molecule has 0 bridgehead atoms. The third kappa shape index (κ3) is 3.67. The molecular formula is C19H34N2O. The average molecular weight is 306 g/mol. The van der Waals surface area contributed by atoms with Crippen LogP contribution in [0.2, 0.25) is 0 Å². The first-order valence-electron chi connectivity index (χ1n) is 9.60. The van der Waals surface area contributed by atoms with Crippen molar-refractivity contribution in [3.05, 3.63) is 0 Å². The number of hydrogen-bond donors (Lipinski definition) is 0. The highest BCUT2D eigenvalue weighted by atomic mass is 16.2. The maximum absolute atomic E-state index is 12.3. The van der Waals surface area contributed by atoms with Crippen molar-refractivity contribution < 1.29 is 4.79 Å². The van der Waals surface area contributed by atoms with Crippen molar-refractivity contribution in [3.63, 3.8) is 0 Å². The zero-order chi connectivity index (χ0) is 15.6. The van der Waals surface area contributed by atoms with Crippen LogP contribution < -0.4 is 0 Å². The molecule has 1 spiro atoms. The van der Waals surface area contributed by atoms with E-state index in [1.807, 2.05) is 0 Å². The largest absolute Gasteiger partial charge is 0.343 e. The van der Waals surface area contributed by atoms with Gasteiger partial charge < -0.3 is 9.80 Å². The molecule has 3 aliphatic rings. The summed E-state index contributed by atoms with van der Waals surface area (Å²) in [4.78, 5) is 17.1. The maximum atomic E-state index is 12.3. The van der Waals surface area contributed by atoms with E-state index in [0.717, 1.165) is 19.5 Å². The van der Waals surface area contributed by atoms with Gasteiger partial charge in [-0.15, -0.1) is 0 Å². The van der Waals surface area contributed by atoms with E-state index in [2.05, 4.69) is 23.6 Å². The van der Waals surface area contributed by atoms with Gasteiger partial charge in [0.25, 0.3) is 0 Å². The molecule has 3 fully saturated rings. The van der Waals surface area contributed by atoms with Gasteiger partial charge in [0.05, 0.1) is 0 Å². The normalized spacial score (nSPS) is 27.0. The van der Waals surface area contributed by atoms with Gasteiger partial charge in [-0.1, -0.05) is 0 Å². The Kier molecular flexibility index (Phi) is 5.11. The Balaban J connectivity index is 1.43. The number of rotatable bonds is 3. The van der Waals surface area contributed by atoms with Crippen molar-refractivity contribution in [1.82, 2.24) is 9.80 Å².